The van der Waals surface area contributed by atoms with Gasteiger partial charge in [-0.05, 0) is 18.2 Å². The van der Waals surface area contributed by atoms with Gasteiger partial charge in [-0.3, -0.25) is 9.59 Å². The van der Waals surface area contributed by atoms with Gasteiger partial charge in [-0.15, -0.1) is 12.6 Å². The molecule has 86 valence electrons. The fourth-order valence-corrected chi connectivity index (χ4v) is 1.29. The number of nitrogens with zero attached hydrogens (tertiary/aromatic N) is 1. The highest BCUT2D eigenvalue weighted by Crippen LogP contribution is 2.08. The number of thiol groups is 1. The maximum absolute atomic E-state index is 11.6. The molecule has 1 aromatic carbocycles. The molecule has 0 aliphatic heterocycles. The summed E-state index contributed by atoms with van der Waals surface area (Å²) in [6.45, 7) is 0.00261. The standard InChI is InChI=1S/C11H14N2O2S/c1-13(2)10(14)7-12-11(15)8-4-3-5-9(16)6-8/h3-6,16H,7H2,1-2H3,(H,12,15). The lowest BCUT2D eigenvalue weighted by atomic mass is 10.2. The molecule has 0 saturated heterocycles. The molecule has 0 bridgehead atoms. The largest absolute Gasteiger partial charge is 0.347 e. The van der Waals surface area contributed by atoms with Crippen LogP contribution in [0.4, 0.5) is 0 Å². The summed E-state index contributed by atoms with van der Waals surface area (Å²) < 4.78 is 0. The van der Waals surface area contributed by atoms with Crippen LogP contribution in [-0.2, 0) is 4.79 Å². The second kappa shape index (κ2) is 5.55. The van der Waals surface area contributed by atoms with E-state index in [1.54, 1.807) is 38.4 Å². The molecular formula is C11H14N2O2S. The lowest BCUT2D eigenvalue weighted by Gasteiger charge is -2.10. The quantitative estimate of drug-likeness (QED) is 0.765. The zero-order chi connectivity index (χ0) is 12.1. The normalized spacial score (nSPS) is 9.69. The summed E-state index contributed by atoms with van der Waals surface area (Å²) >= 11 is 4.13. The van der Waals surface area contributed by atoms with E-state index in [1.807, 2.05) is 0 Å². The Morgan fingerprint density at radius 2 is 2.06 bits per heavy atom. The molecule has 1 N–H and O–H groups in total. The molecule has 0 atom stereocenters. The number of hydrogen-bond donors (Lipinski definition) is 2. The maximum atomic E-state index is 11.6. The average Bonchev–Trinajstić information content (AvgIpc) is 2.25. The van der Waals surface area contributed by atoms with Crippen molar-refractivity contribution in [2.75, 3.05) is 20.6 Å². The number of benzene rings is 1. The van der Waals surface area contributed by atoms with Gasteiger partial charge in [-0.1, -0.05) is 6.07 Å². The summed E-state index contributed by atoms with van der Waals surface area (Å²) in [7, 11) is 3.28. The molecule has 0 spiro atoms. The van der Waals surface area contributed by atoms with Crippen molar-refractivity contribution in [3.05, 3.63) is 29.8 Å². The lowest BCUT2D eigenvalue weighted by Crippen LogP contribution is -2.36. The molecule has 0 aliphatic carbocycles. The predicted octanol–water partition coefficient (Wildman–Crippen LogP) is 0.793. The van der Waals surface area contributed by atoms with Gasteiger partial charge in [0.15, 0.2) is 0 Å². The Bertz CT molecular complexity index is 405. The van der Waals surface area contributed by atoms with Crippen LogP contribution in [0.2, 0.25) is 0 Å². The first-order valence-corrected chi connectivity index (χ1v) is 5.23. The van der Waals surface area contributed by atoms with Gasteiger partial charge in [0.2, 0.25) is 5.91 Å². The first-order valence-electron chi connectivity index (χ1n) is 4.78. The molecule has 0 radical (unpaired) electrons. The van der Waals surface area contributed by atoms with Crippen LogP contribution in [-0.4, -0.2) is 37.4 Å². The van der Waals surface area contributed by atoms with E-state index in [0.717, 1.165) is 0 Å². The Hall–Kier alpha value is -1.49. The van der Waals surface area contributed by atoms with Crippen LogP contribution in [0.25, 0.3) is 0 Å². The minimum absolute atomic E-state index is 0.00261. The molecule has 1 rings (SSSR count). The molecule has 16 heavy (non-hydrogen) atoms. The number of carbonyl (C=O) groups is 2. The fourth-order valence-electron chi connectivity index (χ4n) is 1.06. The van der Waals surface area contributed by atoms with E-state index < -0.39 is 0 Å². The minimum Gasteiger partial charge on any atom is -0.347 e. The molecule has 1 aromatic rings. The predicted molar refractivity (Wildman–Crippen MR) is 64.7 cm³/mol. The van der Waals surface area contributed by atoms with Crippen LogP contribution in [0, 0.1) is 0 Å². The molecular weight excluding hydrogens is 224 g/mol. The Morgan fingerprint density at radius 1 is 1.38 bits per heavy atom. The van der Waals surface area contributed by atoms with Crippen molar-refractivity contribution in [3.63, 3.8) is 0 Å². The highest BCUT2D eigenvalue weighted by molar-refractivity contribution is 7.80. The van der Waals surface area contributed by atoms with Crippen LogP contribution >= 0.6 is 12.6 Å². The summed E-state index contributed by atoms with van der Waals surface area (Å²) in [5.74, 6) is -0.415. The van der Waals surface area contributed by atoms with Crippen molar-refractivity contribution in [1.82, 2.24) is 10.2 Å². The number of rotatable bonds is 3. The van der Waals surface area contributed by atoms with E-state index in [1.165, 1.54) is 4.90 Å². The fraction of sp³-hybridized carbons (Fsp3) is 0.273. The van der Waals surface area contributed by atoms with Crippen LogP contribution in [0.5, 0.6) is 0 Å². The van der Waals surface area contributed by atoms with E-state index in [-0.39, 0.29) is 18.4 Å². The van der Waals surface area contributed by atoms with Gasteiger partial charge in [0.05, 0.1) is 6.54 Å². The van der Waals surface area contributed by atoms with Gasteiger partial charge < -0.3 is 10.2 Å². The topological polar surface area (TPSA) is 49.4 Å². The maximum Gasteiger partial charge on any atom is 0.251 e. The van der Waals surface area contributed by atoms with Crippen LogP contribution in [0.1, 0.15) is 10.4 Å². The monoisotopic (exact) mass is 238 g/mol. The number of carbonyl (C=O) groups excluding carboxylic acids is 2. The molecule has 0 aromatic heterocycles. The Morgan fingerprint density at radius 3 is 2.62 bits per heavy atom. The zero-order valence-corrected chi connectivity index (χ0v) is 10.1. The SMILES string of the molecule is CN(C)C(=O)CNC(=O)c1cccc(S)c1. The van der Waals surface area contributed by atoms with E-state index in [9.17, 15) is 9.59 Å². The molecule has 0 aliphatic rings. The van der Waals surface area contributed by atoms with Crippen molar-refractivity contribution in [3.8, 4) is 0 Å². The number of nitrogens with one attached hydrogen (secondary N) is 1. The first kappa shape index (κ1) is 12.6. The van der Waals surface area contributed by atoms with E-state index in [0.29, 0.717) is 10.5 Å². The second-order valence-electron chi connectivity index (χ2n) is 3.52. The molecule has 5 heteroatoms. The number of amides is 2. The highest BCUT2D eigenvalue weighted by atomic mass is 32.1. The van der Waals surface area contributed by atoms with Crippen molar-refractivity contribution < 1.29 is 9.59 Å². The summed E-state index contributed by atoms with van der Waals surface area (Å²) in [5, 5.41) is 2.54. The number of likely N-dealkylation sites (N-methyl/N-ethyl adjacent to an activating group) is 1. The first-order chi connectivity index (χ1) is 7.50. The van der Waals surface area contributed by atoms with Crippen molar-refractivity contribution in [2.24, 2.45) is 0 Å². The average molecular weight is 238 g/mol. The van der Waals surface area contributed by atoms with Gasteiger partial charge in [-0.25, -0.2) is 0 Å². The van der Waals surface area contributed by atoms with Crippen molar-refractivity contribution >= 4 is 24.4 Å². The highest BCUT2D eigenvalue weighted by Gasteiger charge is 2.08. The third-order valence-corrected chi connectivity index (χ3v) is 2.29. The molecule has 0 saturated carbocycles. The number of hydrogen-bond acceptors (Lipinski definition) is 3. The summed E-state index contributed by atoms with van der Waals surface area (Å²) in [6.07, 6.45) is 0. The lowest BCUT2D eigenvalue weighted by molar-refractivity contribution is -0.127. The third kappa shape index (κ3) is 3.58. The third-order valence-electron chi connectivity index (χ3n) is 2.01. The molecule has 0 unspecified atom stereocenters. The van der Waals surface area contributed by atoms with E-state index >= 15 is 0 Å². The Labute approximate surface area is 100 Å². The summed E-state index contributed by atoms with van der Waals surface area (Å²) in [6, 6.07) is 6.85. The summed E-state index contributed by atoms with van der Waals surface area (Å²) in [4.78, 5) is 25.0. The van der Waals surface area contributed by atoms with Crippen molar-refractivity contribution in [2.45, 2.75) is 4.90 Å². The van der Waals surface area contributed by atoms with Crippen LogP contribution < -0.4 is 5.32 Å². The van der Waals surface area contributed by atoms with Crippen LogP contribution in [0.3, 0.4) is 0 Å². The Balaban J connectivity index is 2.57. The zero-order valence-electron chi connectivity index (χ0n) is 9.23. The molecule has 0 fully saturated rings. The molecule has 0 heterocycles. The van der Waals surface area contributed by atoms with E-state index in [4.69, 9.17) is 0 Å². The van der Waals surface area contributed by atoms with E-state index in [2.05, 4.69) is 17.9 Å². The second-order valence-corrected chi connectivity index (χ2v) is 4.04. The molecule has 2 amide bonds. The van der Waals surface area contributed by atoms with Gasteiger partial charge in [0, 0.05) is 24.6 Å². The molecule has 4 nitrogen and oxygen atoms in total. The minimum atomic E-state index is -0.272. The van der Waals surface area contributed by atoms with Crippen LogP contribution in [0.15, 0.2) is 29.2 Å². The Kier molecular flexibility index (Phi) is 4.37. The van der Waals surface area contributed by atoms with Crippen molar-refractivity contribution in [1.29, 1.82) is 0 Å². The van der Waals surface area contributed by atoms with Gasteiger partial charge in [-0.2, -0.15) is 0 Å². The summed E-state index contributed by atoms with van der Waals surface area (Å²) in [5.41, 5.74) is 0.499. The van der Waals surface area contributed by atoms with Gasteiger partial charge in [0.1, 0.15) is 0 Å². The smallest absolute Gasteiger partial charge is 0.251 e. The van der Waals surface area contributed by atoms with Gasteiger partial charge in [0.25, 0.3) is 5.91 Å². The van der Waals surface area contributed by atoms with Gasteiger partial charge >= 0.3 is 0 Å².